The average molecular weight is 410 g/mol. The van der Waals surface area contributed by atoms with E-state index < -0.39 is 0 Å². The predicted molar refractivity (Wildman–Crippen MR) is 119 cm³/mol. The Balaban J connectivity index is 1.39. The molecule has 30 heavy (non-hydrogen) atoms. The lowest BCUT2D eigenvalue weighted by Gasteiger charge is -2.34. The van der Waals surface area contributed by atoms with Gasteiger partial charge in [-0.2, -0.15) is 0 Å². The molecular weight excluding hydrogens is 378 g/mol. The summed E-state index contributed by atoms with van der Waals surface area (Å²) in [5.41, 5.74) is 0.988. The summed E-state index contributed by atoms with van der Waals surface area (Å²) in [5, 5.41) is 3.21. The lowest BCUT2D eigenvalue weighted by atomic mass is 10.1. The first-order valence-electron chi connectivity index (χ1n) is 10.5. The molecule has 0 radical (unpaired) electrons. The number of carbonyl (C=O) groups is 1. The fraction of sp³-hybridized carbons (Fsp3) is 0.435. The van der Waals surface area contributed by atoms with Gasteiger partial charge in [-0.1, -0.05) is 24.3 Å². The Morgan fingerprint density at radius 1 is 1.20 bits per heavy atom. The molecule has 1 N–H and O–H groups in total. The fourth-order valence-electron chi connectivity index (χ4n) is 3.45. The number of guanidine groups is 1. The van der Waals surface area contributed by atoms with Crippen LogP contribution in [0.15, 0.2) is 59.7 Å². The van der Waals surface area contributed by atoms with E-state index in [0.29, 0.717) is 6.54 Å². The van der Waals surface area contributed by atoms with Crippen LogP contribution in [-0.4, -0.2) is 73.0 Å². The SMILES string of the molecule is CN=C(NCC(=O)N(C)CCc1ccccn1)N1CCC(Oc2ccccc2)CC1. The Morgan fingerprint density at radius 2 is 1.93 bits per heavy atom. The Labute approximate surface area is 178 Å². The van der Waals surface area contributed by atoms with Gasteiger partial charge in [0.05, 0.1) is 6.54 Å². The summed E-state index contributed by atoms with van der Waals surface area (Å²) in [6.45, 7) is 2.56. The largest absolute Gasteiger partial charge is 0.490 e. The molecule has 1 aliphatic heterocycles. The summed E-state index contributed by atoms with van der Waals surface area (Å²) in [4.78, 5) is 25.0. The lowest BCUT2D eigenvalue weighted by molar-refractivity contribution is -0.128. The standard InChI is InChI=1S/C23H31N5O2/c1-24-23(26-18-22(29)27(2)15-11-19-8-6-7-14-25-19)28-16-12-21(13-17-28)30-20-9-4-3-5-10-20/h3-10,14,21H,11-13,15-18H2,1-2H3,(H,24,26). The molecule has 3 rings (SSSR count). The first kappa shape index (κ1) is 21.6. The molecule has 7 heteroatoms. The quantitative estimate of drug-likeness (QED) is 0.561. The Kier molecular flexibility index (Phi) is 8.06. The number of hydrogen-bond donors (Lipinski definition) is 1. The number of carbonyl (C=O) groups excluding carboxylic acids is 1. The van der Waals surface area contributed by atoms with E-state index in [0.717, 1.165) is 49.8 Å². The molecule has 1 fully saturated rings. The molecule has 160 valence electrons. The molecule has 1 saturated heterocycles. The predicted octanol–water partition coefficient (Wildman–Crippen LogP) is 2.20. The van der Waals surface area contributed by atoms with E-state index in [1.54, 1.807) is 18.1 Å². The number of likely N-dealkylation sites (tertiary alicyclic amines) is 1. The lowest BCUT2D eigenvalue weighted by Crippen LogP contribution is -2.49. The normalized spacial score (nSPS) is 15.0. The van der Waals surface area contributed by atoms with Gasteiger partial charge in [-0.25, -0.2) is 0 Å². The average Bonchev–Trinajstić information content (AvgIpc) is 2.80. The van der Waals surface area contributed by atoms with Crippen LogP contribution in [-0.2, 0) is 11.2 Å². The molecule has 7 nitrogen and oxygen atoms in total. The van der Waals surface area contributed by atoms with Gasteiger partial charge in [-0.3, -0.25) is 14.8 Å². The highest BCUT2D eigenvalue weighted by Gasteiger charge is 2.23. The van der Waals surface area contributed by atoms with Gasteiger partial charge < -0.3 is 19.9 Å². The minimum Gasteiger partial charge on any atom is -0.490 e. The fourth-order valence-corrected chi connectivity index (χ4v) is 3.45. The molecule has 2 aromatic rings. The van der Waals surface area contributed by atoms with Crippen LogP contribution in [0.25, 0.3) is 0 Å². The van der Waals surface area contributed by atoms with Crippen molar-refractivity contribution in [2.45, 2.75) is 25.4 Å². The molecule has 2 heterocycles. The van der Waals surface area contributed by atoms with E-state index in [9.17, 15) is 4.79 Å². The monoisotopic (exact) mass is 409 g/mol. The van der Waals surface area contributed by atoms with Gasteiger partial charge in [-0.05, 0) is 24.3 Å². The Morgan fingerprint density at radius 3 is 2.60 bits per heavy atom. The zero-order valence-electron chi connectivity index (χ0n) is 17.8. The summed E-state index contributed by atoms with van der Waals surface area (Å²) in [6.07, 6.45) is 4.57. The van der Waals surface area contributed by atoms with Crippen molar-refractivity contribution in [2.24, 2.45) is 4.99 Å². The minimum absolute atomic E-state index is 0.0365. The maximum atomic E-state index is 12.5. The number of rotatable bonds is 7. The third-order valence-corrected chi connectivity index (χ3v) is 5.25. The van der Waals surface area contributed by atoms with Crippen molar-refractivity contribution < 1.29 is 9.53 Å². The number of para-hydroxylation sites is 1. The van der Waals surface area contributed by atoms with E-state index in [1.807, 2.05) is 55.6 Å². The van der Waals surface area contributed by atoms with Crippen LogP contribution in [0.5, 0.6) is 5.75 Å². The number of hydrogen-bond acceptors (Lipinski definition) is 4. The second kappa shape index (κ2) is 11.2. The number of nitrogens with zero attached hydrogens (tertiary/aromatic N) is 4. The molecule has 0 unspecified atom stereocenters. The Hall–Kier alpha value is -3.09. The number of pyridine rings is 1. The van der Waals surface area contributed by atoms with Crippen molar-refractivity contribution in [1.82, 2.24) is 20.1 Å². The third kappa shape index (κ3) is 6.47. The highest BCUT2D eigenvalue weighted by atomic mass is 16.5. The maximum Gasteiger partial charge on any atom is 0.241 e. The van der Waals surface area contributed by atoms with Crippen LogP contribution in [0.3, 0.4) is 0 Å². The van der Waals surface area contributed by atoms with Gasteiger partial charge in [0.25, 0.3) is 0 Å². The highest BCUT2D eigenvalue weighted by molar-refractivity contribution is 5.86. The first-order valence-corrected chi connectivity index (χ1v) is 10.5. The second-order valence-corrected chi connectivity index (χ2v) is 7.40. The summed E-state index contributed by atoms with van der Waals surface area (Å²) < 4.78 is 6.06. The zero-order valence-corrected chi connectivity index (χ0v) is 17.8. The molecule has 1 aromatic carbocycles. The van der Waals surface area contributed by atoms with Gasteiger partial charge in [0, 0.05) is 64.9 Å². The number of nitrogens with one attached hydrogen (secondary N) is 1. The van der Waals surface area contributed by atoms with Crippen molar-refractivity contribution in [2.75, 3.05) is 40.3 Å². The topological polar surface area (TPSA) is 70.1 Å². The first-order chi connectivity index (χ1) is 14.7. The van der Waals surface area contributed by atoms with E-state index >= 15 is 0 Å². The molecule has 1 aliphatic rings. The van der Waals surface area contributed by atoms with Crippen LogP contribution in [0, 0.1) is 0 Å². The minimum atomic E-state index is 0.0365. The van der Waals surface area contributed by atoms with Gasteiger partial charge >= 0.3 is 0 Å². The van der Waals surface area contributed by atoms with Crippen LogP contribution >= 0.6 is 0 Å². The van der Waals surface area contributed by atoms with Gasteiger partial charge in [0.2, 0.25) is 5.91 Å². The van der Waals surface area contributed by atoms with E-state index in [2.05, 4.69) is 20.2 Å². The van der Waals surface area contributed by atoms with Crippen molar-refractivity contribution in [1.29, 1.82) is 0 Å². The maximum absolute atomic E-state index is 12.5. The molecule has 0 aliphatic carbocycles. The molecule has 0 atom stereocenters. The van der Waals surface area contributed by atoms with Crippen molar-refractivity contribution in [3.63, 3.8) is 0 Å². The third-order valence-electron chi connectivity index (χ3n) is 5.25. The van der Waals surface area contributed by atoms with Gasteiger partial charge in [0.15, 0.2) is 5.96 Å². The molecule has 0 spiro atoms. The summed E-state index contributed by atoms with van der Waals surface area (Å²) in [5.74, 6) is 1.71. The number of ether oxygens (including phenoxy) is 1. The Bertz CT molecular complexity index is 805. The van der Waals surface area contributed by atoms with Crippen molar-refractivity contribution in [3.8, 4) is 5.75 Å². The van der Waals surface area contributed by atoms with Gasteiger partial charge in [0.1, 0.15) is 11.9 Å². The van der Waals surface area contributed by atoms with E-state index in [1.165, 1.54) is 0 Å². The summed E-state index contributed by atoms with van der Waals surface area (Å²) >= 11 is 0. The number of benzene rings is 1. The number of amides is 1. The van der Waals surface area contributed by atoms with E-state index in [-0.39, 0.29) is 18.6 Å². The molecule has 1 aromatic heterocycles. The number of aliphatic imine (C=N–C) groups is 1. The van der Waals surface area contributed by atoms with Crippen molar-refractivity contribution >= 4 is 11.9 Å². The van der Waals surface area contributed by atoms with E-state index in [4.69, 9.17) is 4.74 Å². The number of piperidine rings is 1. The van der Waals surface area contributed by atoms with Crippen LogP contribution in [0.2, 0.25) is 0 Å². The number of likely N-dealkylation sites (N-methyl/N-ethyl adjacent to an activating group) is 1. The smallest absolute Gasteiger partial charge is 0.241 e. The number of aromatic nitrogens is 1. The van der Waals surface area contributed by atoms with Crippen LogP contribution < -0.4 is 10.1 Å². The second-order valence-electron chi connectivity index (χ2n) is 7.40. The van der Waals surface area contributed by atoms with Crippen LogP contribution in [0.4, 0.5) is 0 Å². The van der Waals surface area contributed by atoms with Crippen LogP contribution in [0.1, 0.15) is 18.5 Å². The van der Waals surface area contributed by atoms with Crippen molar-refractivity contribution in [3.05, 3.63) is 60.4 Å². The molecule has 0 saturated carbocycles. The zero-order chi connectivity index (χ0) is 21.2. The highest BCUT2D eigenvalue weighted by Crippen LogP contribution is 2.18. The molecule has 0 bridgehead atoms. The summed E-state index contributed by atoms with van der Waals surface area (Å²) in [6, 6.07) is 15.8. The van der Waals surface area contributed by atoms with Gasteiger partial charge in [-0.15, -0.1) is 0 Å². The summed E-state index contributed by atoms with van der Waals surface area (Å²) in [7, 11) is 3.58. The molecule has 1 amide bonds. The molecular formula is C23H31N5O2.